The molecule has 0 radical (unpaired) electrons. The Balaban J connectivity index is 1.69. The van der Waals surface area contributed by atoms with Gasteiger partial charge in [0.05, 0.1) is 24.2 Å². The van der Waals surface area contributed by atoms with Gasteiger partial charge in [0.1, 0.15) is 5.75 Å². The molecule has 0 amide bonds. The highest BCUT2D eigenvalue weighted by atomic mass is 35.5. The lowest BCUT2D eigenvalue weighted by molar-refractivity contribution is 0.191. The third kappa shape index (κ3) is 3.16. The molecule has 1 heterocycles. The van der Waals surface area contributed by atoms with Gasteiger partial charge < -0.3 is 20.1 Å². The lowest BCUT2D eigenvalue weighted by Gasteiger charge is -2.11. The van der Waals surface area contributed by atoms with E-state index < -0.39 is 6.10 Å². The standard InChI is InChI=1S/C16H16ClN3O2/c1-22-12-6-7-13-14(8-12)20-16(19-13)18-9-15(21)10-2-4-11(17)5-3-10/h2-8,15,21H,9H2,1H3,(H2,18,19,20). The van der Waals surface area contributed by atoms with Gasteiger partial charge in [0, 0.05) is 17.6 Å². The van der Waals surface area contributed by atoms with Crippen LogP contribution in [0.4, 0.5) is 5.95 Å². The molecule has 5 nitrogen and oxygen atoms in total. The SMILES string of the molecule is COc1ccc2nc(NCC(O)c3ccc(Cl)cc3)[nH]c2c1. The minimum atomic E-state index is -0.639. The van der Waals surface area contributed by atoms with Crippen molar-refractivity contribution in [2.75, 3.05) is 19.0 Å². The van der Waals surface area contributed by atoms with E-state index in [1.165, 1.54) is 0 Å². The predicted octanol–water partition coefficient (Wildman–Crippen LogP) is 3.37. The molecule has 22 heavy (non-hydrogen) atoms. The highest BCUT2D eigenvalue weighted by Gasteiger charge is 2.09. The number of aliphatic hydroxyl groups is 1. The van der Waals surface area contributed by atoms with Gasteiger partial charge in [-0.05, 0) is 29.8 Å². The van der Waals surface area contributed by atoms with Gasteiger partial charge in [0.15, 0.2) is 0 Å². The molecular formula is C16H16ClN3O2. The zero-order valence-electron chi connectivity index (χ0n) is 12.0. The van der Waals surface area contributed by atoms with E-state index in [0.29, 0.717) is 17.5 Å². The number of ether oxygens (including phenoxy) is 1. The maximum absolute atomic E-state index is 10.2. The lowest BCUT2D eigenvalue weighted by atomic mass is 10.1. The molecule has 0 saturated carbocycles. The summed E-state index contributed by atoms with van der Waals surface area (Å²) in [5.74, 6) is 1.38. The fourth-order valence-corrected chi connectivity index (χ4v) is 2.32. The number of aliphatic hydroxyl groups excluding tert-OH is 1. The highest BCUT2D eigenvalue weighted by Crippen LogP contribution is 2.21. The predicted molar refractivity (Wildman–Crippen MR) is 87.5 cm³/mol. The molecule has 0 bridgehead atoms. The minimum absolute atomic E-state index is 0.346. The molecule has 3 N–H and O–H groups in total. The number of anilines is 1. The zero-order valence-corrected chi connectivity index (χ0v) is 12.8. The summed E-state index contributed by atoms with van der Waals surface area (Å²) in [6, 6.07) is 12.7. The van der Waals surface area contributed by atoms with Gasteiger partial charge >= 0.3 is 0 Å². The van der Waals surface area contributed by atoms with Crippen LogP contribution in [0.5, 0.6) is 5.75 Å². The van der Waals surface area contributed by atoms with Gasteiger partial charge in [0.2, 0.25) is 5.95 Å². The van der Waals surface area contributed by atoms with Crippen molar-refractivity contribution in [2.24, 2.45) is 0 Å². The number of methoxy groups -OCH3 is 1. The molecule has 114 valence electrons. The van der Waals surface area contributed by atoms with Crippen molar-refractivity contribution in [2.45, 2.75) is 6.10 Å². The largest absolute Gasteiger partial charge is 0.497 e. The van der Waals surface area contributed by atoms with E-state index in [0.717, 1.165) is 22.3 Å². The van der Waals surface area contributed by atoms with Gasteiger partial charge in [-0.2, -0.15) is 0 Å². The number of rotatable bonds is 5. The smallest absolute Gasteiger partial charge is 0.201 e. The number of hydrogen-bond donors (Lipinski definition) is 3. The summed E-state index contributed by atoms with van der Waals surface area (Å²) in [7, 11) is 1.62. The topological polar surface area (TPSA) is 70.2 Å². The number of aromatic amines is 1. The summed E-state index contributed by atoms with van der Waals surface area (Å²) in [6.45, 7) is 0.346. The van der Waals surface area contributed by atoms with Crippen LogP contribution < -0.4 is 10.1 Å². The van der Waals surface area contributed by atoms with Crippen LogP contribution in [0.1, 0.15) is 11.7 Å². The van der Waals surface area contributed by atoms with Crippen LogP contribution in [0, 0.1) is 0 Å². The second-order valence-electron chi connectivity index (χ2n) is 4.92. The van der Waals surface area contributed by atoms with Crippen LogP contribution in [0.25, 0.3) is 11.0 Å². The van der Waals surface area contributed by atoms with Crippen molar-refractivity contribution in [3.63, 3.8) is 0 Å². The van der Waals surface area contributed by atoms with Crippen molar-refractivity contribution in [3.8, 4) is 5.75 Å². The van der Waals surface area contributed by atoms with E-state index in [1.807, 2.05) is 18.2 Å². The Kier molecular flexibility index (Phi) is 4.18. The van der Waals surface area contributed by atoms with Crippen LogP contribution in [-0.2, 0) is 0 Å². The summed E-state index contributed by atoms with van der Waals surface area (Å²) in [4.78, 5) is 7.57. The quantitative estimate of drug-likeness (QED) is 0.675. The van der Waals surface area contributed by atoms with Crippen molar-refractivity contribution >= 4 is 28.6 Å². The lowest BCUT2D eigenvalue weighted by Crippen LogP contribution is -2.12. The second-order valence-corrected chi connectivity index (χ2v) is 5.35. The zero-order chi connectivity index (χ0) is 15.5. The average molecular weight is 318 g/mol. The molecule has 1 aromatic heterocycles. The number of H-pyrrole nitrogens is 1. The number of halogens is 1. The van der Waals surface area contributed by atoms with Gasteiger partial charge in [-0.15, -0.1) is 0 Å². The number of nitrogens with zero attached hydrogens (tertiary/aromatic N) is 1. The number of aromatic nitrogens is 2. The van der Waals surface area contributed by atoms with Crippen LogP contribution in [0.2, 0.25) is 5.02 Å². The summed E-state index contributed by atoms with van der Waals surface area (Å²) in [6.07, 6.45) is -0.639. The molecule has 0 aliphatic carbocycles. The van der Waals surface area contributed by atoms with Crippen LogP contribution in [-0.4, -0.2) is 28.7 Å². The van der Waals surface area contributed by atoms with Crippen molar-refractivity contribution in [1.82, 2.24) is 9.97 Å². The first-order valence-corrected chi connectivity index (χ1v) is 7.24. The maximum atomic E-state index is 10.2. The molecule has 0 spiro atoms. The summed E-state index contributed by atoms with van der Waals surface area (Å²) < 4.78 is 5.18. The van der Waals surface area contributed by atoms with Crippen molar-refractivity contribution in [1.29, 1.82) is 0 Å². The van der Waals surface area contributed by atoms with Gasteiger partial charge in [-0.25, -0.2) is 4.98 Å². The Hall–Kier alpha value is -2.24. The molecule has 0 aliphatic heterocycles. The monoisotopic (exact) mass is 317 g/mol. The van der Waals surface area contributed by atoms with E-state index in [1.54, 1.807) is 31.4 Å². The molecule has 6 heteroatoms. The first-order chi connectivity index (χ1) is 10.7. The molecule has 0 saturated heterocycles. The fourth-order valence-electron chi connectivity index (χ4n) is 2.20. The minimum Gasteiger partial charge on any atom is -0.497 e. The Morgan fingerprint density at radius 2 is 2.05 bits per heavy atom. The molecule has 3 aromatic rings. The molecule has 2 aromatic carbocycles. The van der Waals surface area contributed by atoms with Gasteiger partial charge in [-0.3, -0.25) is 0 Å². The Morgan fingerprint density at radius 3 is 2.77 bits per heavy atom. The maximum Gasteiger partial charge on any atom is 0.201 e. The third-order valence-electron chi connectivity index (χ3n) is 3.41. The molecule has 0 fully saturated rings. The summed E-state index contributed by atoms with van der Waals surface area (Å²) >= 11 is 5.84. The average Bonchev–Trinajstić information content (AvgIpc) is 2.95. The molecular weight excluding hydrogens is 302 g/mol. The summed E-state index contributed by atoms with van der Waals surface area (Å²) in [5.41, 5.74) is 2.52. The van der Waals surface area contributed by atoms with Crippen LogP contribution in [0.3, 0.4) is 0 Å². The van der Waals surface area contributed by atoms with Gasteiger partial charge in [-0.1, -0.05) is 23.7 Å². The van der Waals surface area contributed by atoms with E-state index in [9.17, 15) is 5.11 Å². The highest BCUT2D eigenvalue weighted by molar-refractivity contribution is 6.30. The van der Waals surface area contributed by atoms with Gasteiger partial charge in [0.25, 0.3) is 0 Å². The third-order valence-corrected chi connectivity index (χ3v) is 3.66. The number of nitrogens with one attached hydrogen (secondary N) is 2. The second kappa shape index (κ2) is 6.25. The molecule has 0 aliphatic rings. The Labute approximate surface area is 132 Å². The Morgan fingerprint density at radius 1 is 1.27 bits per heavy atom. The first-order valence-electron chi connectivity index (χ1n) is 6.87. The van der Waals surface area contributed by atoms with E-state index in [2.05, 4.69) is 15.3 Å². The number of benzene rings is 2. The Bertz CT molecular complexity index is 771. The number of hydrogen-bond acceptors (Lipinski definition) is 4. The first kappa shape index (κ1) is 14.7. The van der Waals surface area contributed by atoms with Crippen molar-refractivity contribution < 1.29 is 9.84 Å². The fraction of sp³-hybridized carbons (Fsp3) is 0.188. The van der Waals surface area contributed by atoms with E-state index in [4.69, 9.17) is 16.3 Å². The number of fused-ring (bicyclic) bond motifs is 1. The normalized spacial score (nSPS) is 12.3. The molecule has 3 rings (SSSR count). The van der Waals surface area contributed by atoms with Crippen LogP contribution in [0.15, 0.2) is 42.5 Å². The van der Waals surface area contributed by atoms with Crippen molar-refractivity contribution in [3.05, 3.63) is 53.1 Å². The van der Waals surface area contributed by atoms with Crippen LogP contribution >= 0.6 is 11.6 Å². The number of imidazole rings is 1. The summed E-state index contributed by atoms with van der Waals surface area (Å²) in [5, 5.41) is 13.9. The van der Waals surface area contributed by atoms with E-state index >= 15 is 0 Å². The molecule has 1 atom stereocenters. The van der Waals surface area contributed by atoms with E-state index in [-0.39, 0.29) is 0 Å². The molecule has 1 unspecified atom stereocenters.